The van der Waals surface area contributed by atoms with Crippen molar-refractivity contribution >= 4 is 5.52 Å². The molecule has 1 atom stereocenters. The van der Waals surface area contributed by atoms with E-state index in [4.69, 9.17) is 0 Å². The number of nitrogens with zero attached hydrogens (tertiary/aromatic N) is 5. The van der Waals surface area contributed by atoms with Gasteiger partial charge in [0.1, 0.15) is 5.82 Å². The lowest BCUT2D eigenvalue weighted by Gasteiger charge is -2.16. The highest BCUT2D eigenvalue weighted by atomic mass is 15.2. The first-order valence-electron chi connectivity index (χ1n) is 6.80. The van der Waals surface area contributed by atoms with Crippen LogP contribution in [0.25, 0.3) is 5.52 Å². The molecule has 3 aromatic rings. The summed E-state index contributed by atoms with van der Waals surface area (Å²) in [5, 5.41) is 7.71. The lowest BCUT2D eigenvalue weighted by atomic mass is 10.1. The number of imidazole rings is 1. The molecule has 1 N–H and O–H groups in total. The van der Waals surface area contributed by atoms with E-state index in [9.17, 15) is 0 Å². The smallest absolute Gasteiger partial charge is 0.130 e. The molecular weight excluding hydrogens is 252 g/mol. The molecule has 3 rings (SSSR count). The number of aryl methyl sites for hydroxylation is 1. The molecule has 0 aliphatic heterocycles. The molecule has 0 fully saturated rings. The standard InChI is InChI=1S/C14H18N6/c1-3-6-19-7-5-17-14(19)13(15-2)11-9-18-20-8-4-16-10-12(11)20/h4-5,7-10,13,15H,3,6H2,1-2H3. The second-order valence-electron chi connectivity index (χ2n) is 4.71. The van der Waals surface area contributed by atoms with Gasteiger partial charge in [0.05, 0.1) is 24.0 Å². The molecule has 0 saturated carbocycles. The first-order valence-corrected chi connectivity index (χ1v) is 6.80. The molecule has 0 radical (unpaired) electrons. The number of aromatic nitrogens is 5. The second-order valence-corrected chi connectivity index (χ2v) is 4.71. The first-order chi connectivity index (χ1) is 9.85. The highest BCUT2D eigenvalue weighted by Crippen LogP contribution is 2.24. The van der Waals surface area contributed by atoms with Crippen molar-refractivity contribution in [1.29, 1.82) is 0 Å². The van der Waals surface area contributed by atoms with Gasteiger partial charge in [-0.25, -0.2) is 9.50 Å². The Morgan fingerprint density at radius 2 is 2.15 bits per heavy atom. The summed E-state index contributed by atoms with van der Waals surface area (Å²) in [5.74, 6) is 1.01. The van der Waals surface area contributed by atoms with Crippen LogP contribution in [0.1, 0.15) is 30.8 Å². The molecule has 0 bridgehead atoms. The van der Waals surface area contributed by atoms with Crippen LogP contribution in [0.3, 0.4) is 0 Å². The van der Waals surface area contributed by atoms with E-state index in [1.54, 1.807) is 6.20 Å². The fourth-order valence-corrected chi connectivity index (χ4v) is 2.51. The van der Waals surface area contributed by atoms with Gasteiger partial charge in [-0.1, -0.05) is 6.92 Å². The number of rotatable bonds is 5. The van der Waals surface area contributed by atoms with Crippen LogP contribution in [0, 0.1) is 0 Å². The predicted molar refractivity (Wildman–Crippen MR) is 76.4 cm³/mol. The van der Waals surface area contributed by atoms with Crippen LogP contribution in [0.15, 0.2) is 37.2 Å². The normalized spacial score (nSPS) is 12.9. The van der Waals surface area contributed by atoms with Gasteiger partial charge in [0.25, 0.3) is 0 Å². The highest BCUT2D eigenvalue weighted by molar-refractivity contribution is 5.54. The van der Waals surface area contributed by atoms with Crippen LogP contribution in [0.4, 0.5) is 0 Å². The summed E-state index contributed by atoms with van der Waals surface area (Å²) in [7, 11) is 1.94. The summed E-state index contributed by atoms with van der Waals surface area (Å²) in [6.45, 7) is 3.13. The van der Waals surface area contributed by atoms with Crippen LogP contribution in [0.2, 0.25) is 0 Å². The lowest BCUT2D eigenvalue weighted by Crippen LogP contribution is -2.22. The maximum Gasteiger partial charge on any atom is 0.130 e. The quantitative estimate of drug-likeness (QED) is 0.765. The molecule has 6 heteroatoms. The van der Waals surface area contributed by atoms with Crippen molar-refractivity contribution < 1.29 is 0 Å². The topological polar surface area (TPSA) is 60.0 Å². The molecule has 0 aromatic carbocycles. The zero-order valence-electron chi connectivity index (χ0n) is 11.7. The van der Waals surface area contributed by atoms with E-state index in [1.807, 2.05) is 42.5 Å². The van der Waals surface area contributed by atoms with E-state index >= 15 is 0 Å². The Labute approximate surface area is 117 Å². The molecule has 20 heavy (non-hydrogen) atoms. The average molecular weight is 270 g/mol. The third-order valence-corrected chi connectivity index (χ3v) is 3.42. The second kappa shape index (κ2) is 5.42. The maximum atomic E-state index is 4.51. The minimum Gasteiger partial charge on any atom is -0.333 e. The minimum absolute atomic E-state index is 0.0123. The predicted octanol–water partition coefficient (Wildman–Crippen LogP) is 1.64. The summed E-state index contributed by atoms with van der Waals surface area (Å²) in [4.78, 5) is 8.70. The molecule has 1 unspecified atom stereocenters. The van der Waals surface area contributed by atoms with Crippen molar-refractivity contribution in [3.05, 3.63) is 48.6 Å². The Morgan fingerprint density at radius 1 is 1.25 bits per heavy atom. The molecule has 3 aromatic heterocycles. The van der Waals surface area contributed by atoms with E-state index in [0.717, 1.165) is 29.9 Å². The summed E-state index contributed by atoms with van der Waals surface area (Å²) in [6.07, 6.45) is 12.2. The first kappa shape index (κ1) is 12.8. The molecule has 0 saturated heterocycles. The molecule has 104 valence electrons. The Balaban J connectivity index is 2.07. The average Bonchev–Trinajstić information content (AvgIpc) is 3.09. The fourth-order valence-electron chi connectivity index (χ4n) is 2.51. The van der Waals surface area contributed by atoms with Crippen molar-refractivity contribution in [3.8, 4) is 0 Å². The number of nitrogens with one attached hydrogen (secondary N) is 1. The largest absolute Gasteiger partial charge is 0.333 e. The van der Waals surface area contributed by atoms with E-state index in [1.165, 1.54) is 0 Å². The van der Waals surface area contributed by atoms with Gasteiger partial charge in [0, 0.05) is 36.9 Å². The van der Waals surface area contributed by atoms with Gasteiger partial charge in [0.2, 0.25) is 0 Å². The van der Waals surface area contributed by atoms with Gasteiger partial charge >= 0.3 is 0 Å². The van der Waals surface area contributed by atoms with Gasteiger partial charge < -0.3 is 9.88 Å². The Morgan fingerprint density at radius 3 is 2.95 bits per heavy atom. The molecule has 3 heterocycles. The molecule has 0 spiro atoms. The summed E-state index contributed by atoms with van der Waals surface area (Å²) in [5.41, 5.74) is 2.09. The van der Waals surface area contributed by atoms with Crippen LogP contribution >= 0.6 is 0 Å². The molecule has 0 aliphatic carbocycles. The monoisotopic (exact) mass is 270 g/mol. The number of hydrogen-bond acceptors (Lipinski definition) is 4. The number of hydrogen-bond donors (Lipinski definition) is 1. The minimum atomic E-state index is 0.0123. The van der Waals surface area contributed by atoms with E-state index < -0.39 is 0 Å². The Kier molecular flexibility index (Phi) is 3.47. The Hall–Kier alpha value is -2.21. The van der Waals surface area contributed by atoms with Gasteiger partial charge in [-0.05, 0) is 13.5 Å². The van der Waals surface area contributed by atoms with E-state index in [-0.39, 0.29) is 6.04 Å². The lowest BCUT2D eigenvalue weighted by molar-refractivity contribution is 0.570. The third-order valence-electron chi connectivity index (χ3n) is 3.42. The van der Waals surface area contributed by atoms with Crippen molar-refractivity contribution in [2.75, 3.05) is 7.05 Å². The molecule has 0 aliphatic rings. The molecular formula is C14H18N6. The summed E-state index contributed by atoms with van der Waals surface area (Å²) in [6, 6.07) is 0.0123. The van der Waals surface area contributed by atoms with Gasteiger partial charge in [-0.15, -0.1) is 0 Å². The van der Waals surface area contributed by atoms with Crippen molar-refractivity contribution in [1.82, 2.24) is 29.5 Å². The zero-order chi connectivity index (χ0) is 13.9. The SMILES string of the molecule is CCCn1ccnc1C(NC)c1cnn2ccncc12. The van der Waals surface area contributed by atoms with E-state index in [0.29, 0.717) is 0 Å². The van der Waals surface area contributed by atoms with Crippen LogP contribution < -0.4 is 5.32 Å². The van der Waals surface area contributed by atoms with Crippen LogP contribution in [0.5, 0.6) is 0 Å². The van der Waals surface area contributed by atoms with Crippen molar-refractivity contribution in [2.24, 2.45) is 0 Å². The van der Waals surface area contributed by atoms with Crippen LogP contribution in [-0.2, 0) is 6.54 Å². The molecule has 0 amide bonds. The van der Waals surface area contributed by atoms with Crippen LogP contribution in [-0.4, -0.2) is 31.2 Å². The van der Waals surface area contributed by atoms with E-state index in [2.05, 4.69) is 31.9 Å². The molecule has 6 nitrogen and oxygen atoms in total. The Bertz CT molecular complexity index is 698. The van der Waals surface area contributed by atoms with Gasteiger partial charge in [-0.3, -0.25) is 4.98 Å². The summed E-state index contributed by atoms with van der Waals surface area (Å²) < 4.78 is 4.01. The zero-order valence-corrected chi connectivity index (χ0v) is 11.7. The highest BCUT2D eigenvalue weighted by Gasteiger charge is 2.21. The van der Waals surface area contributed by atoms with Crippen molar-refractivity contribution in [3.63, 3.8) is 0 Å². The van der Waals surface area contributed by atoms with Gasteiger partial charge in [0.15, 0.2) is 0 Å². The fraction of sp³-hybridized carbons (Fsp3) is 0.357. The third kappa shape index (κ3) is 2.08. The maximum absolute atomic E-state index is 4.51. The van der Waals surface area contributed by atoms with Crippen molar-refractivity contribution in [2.45, 2.75) is 25.9 Å². The number of fused-ring (bicyclic) bond motifs is 1. The van der Waals surface area contributed by atoms with Gasteiger partial charge in [-0.2, -0.15) is 5.10 Å². The summed E-state index contributed by atoms with van der Waals surface area (Å²) >= 11 is 0.